The molecule has 114 valence electrons. The Hall–Kier alpha value is -1.76. The van der Waals surface area contributed by atoms with Gasteiger partial charge in [-0.1, -0.05) is 19.1 Å². The van der Waals surface area contributed by atoms with Crippen LogP contribution in [0.2, 0.25) is 0 Å². The number of non-ortho nitro benzene ring substituents is 1. The number of benzene rings is 1. The van der Waals surface area contributed by atoms with Crippen LogP contribution in [0.5, 0.6) is 0 Å². The van der Waals surface area contributed by atoms with Crippen LogP contribution in [0.4, 0.5) is 10.5 Å². The fourth-order valence-corrected chi connectivity index (χ4v) is 3.36. The number of urea groups is 1. The average Bonchev–Trinajstić information content (AvgIpc) is 2.53. The van der Waals surface area contributed by atoms with Gasteiger partial charge >= 0.3 is 6.03 Å². The number of hydrogen-bond acceptors (Lipinski definition) is 4. The van der Waals surface area contributed by atoms with E-state index in [0.717, 1.165) is 30.8 Å². The zero-order valence-corrected chi connectivity index (χ0v) is 12.8. The summed E-state index contributed by atoms with van der Waals surface area (Å²) in [7, 11) is 0. The largest absolute Gasteiger partial charge is 0.334 e. The monoisotopic (exact) mass is 309 g/mol. The van der Waals surface area contributed by atoms with E-state index in [1.54, 1.807) is 12.1 Å². The molecule has 0 radical (unpaired) electrons. The molecule has 1 aromatic carbocycles. The van der Waals surface area contributed by atoms with E-state index in [-0.39, 0.29) is 11.7 Å². The van der Waals surface area contributed by atoms with Crippen LogP contribution in [0, 0.1) is 10.1 Å². The van der Waals surface area contributed by atoms with Gasteiger partial charge in [-0.15, -0.1) is 0 Å². The molecular formula is C14H19N3O3S. The Morgan fingerprint density at radius 1 is 1.48 bits per heavy atom. The van der Waals surface area contributed by atoms with E-state index in [4.69, 9.17) is 0 Å². The van der Waals surface area contributed by atoms with Crippen LogP contribution in [-0.4, -0.2) is 39.9 Å². The minimum atomic E-state index is -0.432. The van der Waals surface area contributed by atoms with Gasteiger partial charge in [-0.25, -0.2) is 4.79 Å². The Labute approximate surface area is 128 Å². The summed E-state index contributed by atoms with van der Waals surface area (Å²) in [5, 5.41) is 14.0. The first-order valence-corrected chi connectivity index (χ1v) is 8.02. The molecule has 1 fully saturated rings. The lowest BCUT2D eigenvalue weighted by Crippen LogP contribution is -2.46. The fourth-order valence-electron chi connectivity index (χ4n) is 2.18. The van der Waals surface area contributed by atoms with E-state index in [2.05, 4.69) is 12.2 Å². The lowest BCUT2D eigenvalue weighted by molar-refractivity contribution is -0.384. The normalized spacial score (nSPS) is 18.3. The molecule has 1 heterocycles. The molecule has 1 aromatic rings. The van der Waals surface area contributed by atoms with E-state index in [1.165, 1.54) is 12.1 Å². The number of nitro benzene ring substituents is 1. The highest BCUT2D eigenvalue weighted by Gasteiger charge is 2.22. The number of rotatable bonds is 4. The predicted octanol–water partition coefficient (Wildman–Crippen LogP) is 2.63. The third kappa shape index (κ3) is 4.35. The van der Waals surface area contributed by atoms with Crippen molar-refractivity contribution >= 4 is 23.5 Å². The number of nitro groups is 1. The molecule has 21 heavy (non-hydrogen) atoms. The Morgan fingerprint density at radius 3 is 2.81 bits per heavy atom. The molecule has 0 saturated carbocycles. The molecule has 1 aliphatic heterocycles. The topological polar surface area (TPSA) is 75.5 Å². The maximum absolute atomic E-state index is 12.1. The average molecular weight is 309 g/mol. The summed E-state index contributed by atoms with van der Waals surface area (Å²) in [6.45, 7) is 4.08. The van der Waals surface area contributed by atoms with Crippen LogP contribution >= 0.6 is 11.8 Å². The van der Waals surface area contributed by atoms with Gasteiger partial charge in [0.2, 0.25) is 0 Å². The summed E-state index contributed by atoms with van der Waals surface area (Å²) in [6.07, 6.45) is 1.07. The summed E-state index contributed by atoms with van der Waals surface area (Å²) in [5.41, 5.74) is 0.913. The third-order valence-corrected chi connectivity index (χ3v) is 4.84. The standard InChI is InChI=1S/C14H19N3O3S/c1-2-13-10-16(7-8-21-13)14(18)15-9-11-3-5-12(6-4-11)17(19)20/h3-6,13H,2,7-10H2,1H3,(H,15,18). The molecule has 1 aliphatic rings. The molecule has 0 aromatic heterocycles. The first kappa shape index (κ1) is 15.6. The second kappa shape index (κ2) is 7.31. The summed E-state index contributed by atoms with van der Waals surface area (Å²) < 4.78 is 0. The molecule has 1 N–H and O–H groups in total. The zero-order chi connectivity index (χ0) is 15.2. The number of nitrogens with zero attached hydrogens (tertiary/aromatic N) is 2. The molecule has 2 rings (SSSR count). The second-order valence-corrected chi connectivity index (χ2v) is 6.34. The molecule has 7 heteroatoms. The van der Waals surface area contributed by atoms with Gasteiger partial charge < -0.3 is 10.2 Å². The lowest BCUT2D eigenvalue weighted by Gasteiger charge is -2.31. The molecule has 0 spiro atoms. The first-order chi connectivity index (χ1) is 10.1. The van der Waals surface area contributed by atoms with E-state index < -0.39 is 4.92 Å². The van der Waals surface area contributed by atoms with Gasteiger partial charge in [0, 0.05) is 42.8 Å². The maximum Gasteiger partial charge on any atom is 0.317 e. The van der Waals surface area contributed by atoms with Crippen LogP contribution in [-0.2, 0) is 6.54 Å². The molecule has 1 unspecified atom stereocenters. The van der Waals surface area contributed by atoms with Crippen molar-refractivity contribution in [2.45, 2.75) is 25.1 Å². The SMILES string of the molecule is CCC1CN(C(=O)NCc2ccc([N+](=O)[O-])cc2)CCS1. The molecule has 2 amide bonds. The smallest absolute Gasteiger partial charge is 0.317 e. The Morgan fingerprint density at radius 2 is 2.19 bits per heavy atom. The molecule has 6 nitrogen and oxygen atoms in total. The van der Waals surface area contributed by atoms with Gasteiger partial charge in [0.1, 0.15) is 0 Å². The highest BCUT2D eigenvalue weighted by molar-refractivity contribution is 8.00. The van der Waals surface area contributed by atoms with Crippen molar-refractivity contribution in [3.63, 3.8) is 0 Å². The van der Waals surface area contributed by atoms with Crippen molar-refractivity contribution < 1.29 is 9.72 Å². The number of amides is 2. The van der Waals surface area contributed by atoms with E-state index in [0.29, 0.717) is 11.8 Å². The van der Waals surface area contributed by atoms with Crippen molar-refractivity contribution in [1.82, 2.24) is 10.2 Å². The van der Waals surface area contributed by atoms with Gasteiger partial charge in [-0.3, -0.25) is 10.1 Å². The third-order valence-electron chi connectivity index (χ3n) is 3.47. The van der Waals surface area contributed by atoms with Gasteiger partial charge in [-0.05, 0) is 12.0 Å². The number of carbonyl (C=O) groups is 1. The second-order valence-electron chi connectivity index (χ2n) is 4.93. The van der Waals surface area contributed by atoms with Gasteiger partial charge in [0.25, 0.3) is 5.69 Å². The first-order valence-electron chi connectivity index (χ1n) is 6.98. The number of hydrogen-bond donors (Lipinski definition) is 1. The molecule has 1 atom stereocenters. The van der Waals surface area contributed by atoms with E-state index in [1.807, 2.05) is 16.7 Å². The minimum Gasteiger partial charge on any atom is -0.334 e. The highest BCUT2D eigenvalue weighted by atomic mass is 32.2. The van der Waals surface area contributed by atoms with Crippen molar-refractivity contribution in [1.29, 1.82) is 0 Å². The van der Waals surface area contributed by atoms with Gasteiger partial charge in [0.05, 0.1) is 4.92 Å². The maximum atomic E-state index is 12.1. The van der Waals surface area contributed by atoms with Gasteiger partial charge in [-0.2, -0.15) is 11.8 Å². The van der Waals surface area contributed by atoms with E-state index in [9.17, 15) is 14.9 Å². The van der Waals surface area contributed by atoms with Gasteiger partial charge in [0.15, 0.2) is 0 Å². The van der Waals surface area contributed by atoms with Crippen molar-refractivity contribution in [3.8, 4) is 0 Å². The molecule has 1 saturated heterocycles. The molecule has 0 bridgehead atoms. The van der Waals surface area contributed by atoms with Crippen LogP contribution in [0.25, 0.3) is 0 Å². The van der Waals surface area contributed by atoms with Crippen LogP contribution in [0.3, 0.4) is 0 Å². The minimum absolute atomic E-state index is 0.0592. The summed E-state index contributed by atoms with van der Waals surface area (Å²) in [5.74, 6) is 0.976. The summed E-state index contributed by atoms with van der Waals surface area (Å²) in [6, 6.07) is 6.17. The zero-order valence-electron chi connectivity index (χ0n) is 11.9. The highest BCUT2D eigenvalue weighted by Crippen LogP contribution is 2.21. The van der Waals surface area contributed by atoms with E-state index >= 15 is 0 Å². The van der Waals surface area contributed by atoms with Crippen molar-refractivity contribution in [3.05, 3.63) is 39.9 Å². The molecular weight excluding hydrogens is 290 g/mol. The fraction of sp³-hybridized carbons (Fsp3) is 0.500. The Bertz CT molecular complexity index is 507. The van der Waals surface area contributed by atoms with Crippen molar-refractivity contribution in [2.24, 2.45) is 0 Å². The van der Waals surface area contributed by atoms with Crippen LogP contribution in [0.15, 0.2) is 24.3 Å². The number of carbonyl (C=O) groups excluding carboxylic acids is 1. The Kier molecular flexibility index (Phi) is 5.44. The van der Waals surface area contributed by atoms with Crippen molar-refractivity contribution in [2.75, 3.05) is 18.8 Å². The van der Waals surface area contributed by atoms with Crippen LogP contribution in [0.1, 0.15) is 18.9 Å². The molecule has 0 aliphatic carbocycles. The quantitative estimate of drug-likeness (QED) is 0.685. The number of nitrogens with one attached hydrogen (secondary N) is 1. The Balaban J connectivity index is 1.84. The summed E-state index contributed by atoms with van der Waals surface area (Å²) >= 11 is 1.92. The lowest BCUT2D eigenvalue weighted by atomic mass is 10.2. The van der Waals surface area contributed by atoms with Crippen LogP contribution < -0.4 is 5.32 Å². The number of thioether (sulfide) groups is 1. The predicted molar refractivity (Wildman–Crippen MR) is 83.4 cm³/mol. The summed E-state index contributed by atoms with van der Waals surface area (Å²) in [4.78, 5) is 24.1.